The van der Waals surface area contributed by atoms with Crippen molar-refractivity contribution in [3.8, 4) is 89.4 Å². The molecule has 25 nitrogen and oxygen atoms in total. The van der Waals surface area contributed by atoms with E-state index in [9.17, 15) is 50.4 Å². The number of nitrogens with one attached hydrogen (secondary N) is 8. The number of ether oxygens (including phenoxy) is 2. The third-order valence-electron chi connectivity index (χ3n) is 23.5. The van der Waals surface area contributed by atoms with E-state index >= 15 is 0 Å². The number of aromatic nitrogens is 7. The second-order valence-electron chi connectivity index (χ2n) is 34.0. The molecular formula is C104H112N12O13S4. The molecule has 3 amide bonds. The van der Waals surface area contributed by atoms with Crippen LogP contribution in [0, 0.1) is 20.8 Å². The molecule has 8 N–H and O–H groups in total. The minimum atomic E-state index is -3.80. The van der Waals surface area contributed by atoms with Crippen molar-refractivity contribution in [2.45, 2.75) is 172 Å². The molecule has 7 aromatic carbocycles. The van der Waals surface area contributed by atoms with Crippen molar-refractivity contribution in [1.82, 2.24) is 49.5 Å². The number of nitrogens with zero attached hydrogens (tertiary/aromatic N) is 4. The summed E-state index contributed by atoms with van der Waals surface area (Å²) in [6, 6.07) is 67.9. The summed E-state index contributed by atoms with van der Waals surface area (Å²) in [5, 5.41) is 8.52. The van der Waals surface area contributed by atoms with Crippen molar-refractivity contribution < 1.29 is 40.7 Å². The Labute approximate surface area is 781 Å². The molecule has 690 valence electrons. The number of thiophene rings is 1. The molecule has 0 spiro atoms. The predicted octanol–water partition coefficient (Wildman–Crippen LogP) is 19.7. The molecule has 0 bridgehead atoms. The van der Waals surface area contributed by atoms with Gasteiger partial charge in [-0.3, -0.25) is 38.7 Å². The Hall–Kier alpha value is -13.2. The summed E-state index contributed by atoms with van der Waals surface area (Å²) in [5.74, 6) is 1.79. The van der Waals surface area contributed by atoms with Crippen molar-refractivity contribution in [2.24, 2.45) is 4.99 Å². The number of hydrogen-bond donors (Lipinski definition) is 8. The van der Waals surface area contributed by atoms with Crippen LogP contribution in [0.15, 0.2) is 248 Å². The van der Waals surface area contributed by atoms with Crippen molar-refractivity contribution in [1.29, 1.82) is 0 Å². The van der Waals surface area contributed by atoms with Gasteiger partial charge in [0.1, 0.15) is 40.4 Å². The Kier molecular flexibility index (Phi) is 32.0. The molecule has 1 unspecified atom stereocenters. The lowest BCUT2D eigenvalue weighted by Gasteiger charge is -2.23. The highest BCUT2D eigenvalue weighted by Gasteiger charge is 2.40. The Morgan fingerprint density at radius 1 is 0.496 bits per heavy atom. The number of unbranched alkanes of at least 4 members (excludes halogenated alkanes) is 4. The molecule has 3 fully saturated rings. The topological polar surface area (TPSA) is 363 Å². The first kappa shape index (κ1) is 95.9. The molecular weight excluding hydrogens is 1750 g/mol. The molecule has 0 radical (unpaired) electrons. The van der Waals surface area contributed by atoms with E-state index in [0.29, 0.717) is 95.7 Å². The van der Waals surface area contributed by atoms with Crippen molar-refractivity contribution in [2.75, 3.05) is 38.4 Å². The first-order chi connectivity index (χ1) is 64.2. The SMILES string of the molecule is CCCCCCOc1ccc(-c2cc(-c3ccc(CC)s3)c(C(=O)NS(=O)(=O)C3CC3)c(=O)[nH]2)cc1.CCCCOc1ccc(-c2cc(-c3ccc(C)cc3)c(C(=O)NS(=O)(=O)C3CC3)c(=O)[nH]2)cc1.Cc1ccc(-c2cc(-c3ccc(Cc4ccccc4)cc3)[nH]c(=O)c2-c2ncn[nH]2)cc1.Cc1ccc(NC(=O)c2c(S3=CN=C(N(C)C)C3)cc(C3CCCCC3)[nH]c2=O)cc1. The molecule has 4 aliphatic rings. The molecule has 7 heterocycles. The molecule has 3 saturated carbocycles. The summed E-state index contributed by atoms with van der Waals surface area (Å²) in [4.78, 5) is 117. The Balaban J connectivity index is 0.000000143. The zero-order valence-corrected chi connectivity index (χ0v) is 79.2. The zero-order valence-electron chi connectivity index (χ0n) is 76.0. The fourth-order valence-corrected chi connectivity index (χ4v) is 21.0. The van der Waals surface area contributed by atoms with Gasteiger partial charge in [-0.2, -0.15) is 5.10 Å². The molecule has 6 aromatic heterocycles. The summed E-state index contributed by atoms with van der Waals surface area (Å²) < 4.78 is 65.1. The lowest BCUT2D eigenvalue weighted by Crippen LogP contribution is -2.37. The smallest absolute Gasteiger partial charge is 0.271 e. The minimum Gasteiger partial charge on any atom is -0.494 e. The first-order valence-electron chi connectivity index (χ1n) is 45.2. The third kappa shape index (κ3) is 25.2. The van der Waals surface area contributed by atoms with Crippen LogP contribution in [-0.2, 0) is 32.9 Å². The maximum absolute atomic E-state index is 13.2. The average molecular weight is 1870 g/mol. The van der Waals surface area contributed by atoms with E-state index in [4.69, 9.17) is 9.47 Å². The van der Waals surface area contributed by atoms with E-state index in [-0.39, 0.29) is 33.7 Å². The van der Waals surface area contributed by atoms with Crippen LogP contribution in [0.1, 0.15) is 192 Å². The molecule has 1 atom stereocenters. The van der Waals surface area contributed by atoms with Crippen LogP contribution in [0.25, 0.3) is 77.9 Å². The number of amides is 3. The largest absolute Gasteiger partial charge is 0.494 e. The van der Waals surface area contributed by atoms with Crippen molar-refractivity contribution >= 4 is 76.6 Å². The Morgan fingerprint density at radius 2 is 0.985 bits per heavy atom. The number of anilines is 1. The van der Waals surface area contributed by atoms with Gasteiger partial charge >= 0.3 is 0 Å². The normalized spacial score (nSPS) is 14.1. The van der Waals surface area contributed by atoms with Crippen LogP contribution in [-0.4, -0.2) is 129 Å². The number of amidine groups is 1. The summed E-state index contributed by atoms with van der Waals surface area (Å²) in [5.41, 5.74) is 15.3. The number of H-pyrrole nitrogens is 5. The number of sulfonamides is 2. The Bertz CT molecular complexity index is 6840. The summed E-state index contributed by atoms with van der Waals surface area (Å²) >= 11 is 1.48. The summed E-state index contributed by atoms with van der Waals surface area (Å²) in [6.07, 6.45) is 17.5. The first-order valence-corrected chi connectivity index (χ1v) is 50.6. The molecule has 29 heteroatoms. The number of rotatable bonds is 30. The lowest BCUT2D eigenvalue weighted by atomic mass is 9.86. The van der Waals surface area contributed by atoms with Crippen LogP contribution in [0.3, 0.4) is 0 Å². The van der Waals surface area contributed by atoms with Gasteiger partial charge in [0.15, 0.2) is 5.82 Å². The van der Waals surface area contributed by atoms with Gasteiger partial charge in [0, 0.05) is 73.9 Å². The number of carbonyl (C=O) groups excluding carboxylic acids is 3. The summed E-state index contributed by atoms with van der Waals surface area (Å²) in [7, 11) is -4.07. The molecule has 3 aliphatic carbocycles. The highest BCUT2D eigenvalue weighted by molar-refractivity contribution is 8.16. The van der Waals surface area contributed by atoms with Gasteiger partial charge in [-0.25, -0.2) is 36.3 Å². The average Bonchev–Trinajstić information content (AvgIpc) is 1.77. The number of carbonyl (C=O) groups is 3. The number of aromatic amines is 5. The molecule has 133 heavy (non-hydrogen) atoms. The maximum Gasteiger partial charge on any atom is 0.271 e. The lowest BCUT2D eigenvalue weighted by molar-refractivity contribution is 0.0971. The van der Waals surface area contributed by atoms with E-state index < -0.39 is 64.0 Å². The fraction of sp³-hybridized carbons (Fsp3) is 0.298. The second kappa shape index (κ2) is 44.3. The van der Waals surface area contributed by atoms with E-state index in [1.54, 1.807) is 12.1 Å². The van der Waals surface area contributed by atoms with Crippen LogP contribution in [0.5, 0.6) is 11.5 Å². The van der Waals surface area contributed by atoms with Crippen LogP contribution >= 0.6 is 21.8 Å². The quantitative estimate of drug-likeness (QED) is 0.0153. The number of aryl methyl sites for hydroxylation is 4. The maximum atomic E-state index is 13.2. The highest BCUT2D eigenvalue weighted by atomic mass is 32.2. The number of pyridine rings is 4. The number of aliphatic imine (C=N–C) groups is 1. The molecule has 13 aromatic rings. The third-order valence-corrected chi connectivity index (χ3v) is 30.2. The van der Waals surface area contributed by atoms with E-state index in [0.717, 1.165) is 139 Å². The van der Waals surface area contributed by atoms with E-state index in [1.165, 1.54) is 60.9 Å². The minimum absolute atomic E-state index is 0.195. The van der Waals surface area contributed by atoms with Gasteiger partial charge in [-0.1, -0.05) is 198 Å². The second-order valence-corrected chi connectivity index (χ2v) is 40.9. The van der Waals surface area contributed by atoms with Gasteiger partial charge in [-0.15, -0.1) is 21.8 Å². The highest BCUT2D eigenvalue weighted by Crippen LogP contribution is 2.40. The van der Waals surface area contributed by atoms with Gasteiger partial charge in [0.05, 0.1) is 40.5 Å². The van der Waals surface area contributed by atoms with Gasteiger partial charge in [0.25, 0.3) is 40.0 Å². The van der Waals surface area contributed by atoms with Gasteiger partial charge in [0.2, 0.25) is 20.0 Å². The number of benzene rings is 7. The van der Waals surface area contributed by atoms with Gasteiger partial charge in [-0.05, 0) is 227 Å². The standard InChI is InChI=1S/C27H22N4O.C27H32N2O5S2.C26H28N2O5S.C24H30N4O2S/c1-18-7-11-21(12-8-18)23-16-24(30-27(32)25(23)26-28-17-29-31-26)22-13-9-20(10-14-22)15-19-5-3-2-4-6-19;1-3-5-6-7-16-34-19-10-8-18(9-11-19)23-17-22(24-15-12-20(4-2)35-24)25(26(30)28-23)27(31)29-36(32,33)21-13-14-21;1-3-4-15-33-20-11-9-19(10-12-20)23-16-22(18-7-5-17(2)6-8-18)24(25(29)27-23)26(30)28-34(31,32)21-13-14-21;1-16-9-11-18(12-10-16)26-23(29)22-20(31-14-21(25-15-31)28(2)3)13-19(27-24(22)30)17-7-5-4-6-8-17/h2-14,16-17H,15H2,1H3,(H,30,32)(H,28,29,31);8-12,15,17,21H,3-7,13-14,16H2,1-2H3,(H,28,30)(H,29,31);5-12,16,21H,3-4,13-15H2,1-2H3,(H,27,29)(H,28,30);9-13,15,17H,4-8,14H2,1-3H3,(H,26,29)(H,27,30). The zero-order chi connectivity index (χ0) is 93.9. The number of hydrogen-bond acceptors (Lipinski definition) is 18. The van der Waals surface area contributed by atoms with E-state index in [1.807, 2.05) is 198 Å². The molecule has 1 aliphatic heterocycles. The van der Waals surface area contributed by atoms with Crippen molar-refractivity contribution in [3.63, 3.8) is 0 Å². The van der Waals surface area contributed by atoms with Crippen LogP contribution in [0.4, 0.5) is 5.69 Å². The summed E-state index contributed by atoms with van der Waals surface area (Å²) in [6.45, 7) is 13.6. The monoisotopic (exact) mass is 1860 g/mol. The van der Waals surface area contributed by atoms with Crippen LogP contribution < -0.4 is 46.5 Å². The van der Waals surface area contributed by atoms with Crippen molar-refractivity contribution in [3.05, 3.63) is 315 Å². The van der Waals surface area contributed by atoms with Crippen LogP contribution in [0.2, 0.25) is 0 Å². The fourth-order valence-electron chi connectivity index (χ4n) is 15.6. The Morgan fingerprint density at radius 3 is 1.50 bits per heavy atom. The van der Waals surface area contributed by atoms with Gasteiger partial charge < -0.3 is 39.6 Å². The molecule has 17 rings (SSSR count). The molecule has 0 saturated heterocycles. The van der Waals surface area contributed by atoms with E-state index in [2.05, 4.69) is 123 Å². The predicted molar refractivity (Wildman–Crippen MR) is 534 cm³/mol.